The number of hydrogen-bond acceptors (Lipinski definition) is 10. The standard InChI is InChI=1S/C43H47N5O8/c1-28-17-31-23-45-35-21-39(37(52-3)19-33(35)41(49)47(31)25-28)53-14-8-5-9-15-54-40-22-36-34(42(50)48-26-29(2)18-32(48)24-46-36)20-38(40)55-16-10-13-44-43(51)56-27-30-11-6-4-7-12-30/h4,6-7,11-12,19-26,31-32H,5,8-10,13-18,27H2,1-3H3,(H,44,51)/t31-,32-/m0/s1. The first kappa shape index (κ1) is 38.2. The molecule has 0 spiro atoms. The molecule has 0 unspecified atom stereocenters. The van der Waals surface area contributed by atoms with E-state index in [1.165, 1.54) is 0 Å². The van der Waals surface area contributed by atoms with Crippen LogP contribution in [0.3, 0.4) is 0 Å². The average molecular weight is 762 g/mol. The summed E-state index contributed by atoms with van der Waals surface area (Å²) in [5.74, 6) is 1.70. The highest BCUT2D eigenvalue weighted by Crippen LogP contribution is 2.40. The van der Waals surface area contributed by atoms with Gasteiger partial charge in [-0.05, 0) is 70.1 Å². The van der Waals surface area contributed by atoms with Gasteiger partial charge < -0.3 is 38.8 Å². The molecular formula is C43H47N5O8. The van der Waals surface area contributed by atoms with E-state index in [0.29, 0.717) is 71.7 Å². The van der Waals surface area contributed by atoms with Crippen LogP contribution < -0.4 is 24.3 Å². The molecule has 292 valence electrons. The molecule has 7 rings (SSSR count). The van der Waals surface area contributed by atoms with Crippen LogP contribution in [0.1, 0.15) is 78.7 Å². The molecule has 0 fully saturated rings. The number of hydrogen-bond donors (Lipinski definition) is 1. The third kappa shape index (κ3) is 8.88. The van der Waals surface area contributed by atoms with Gasteiger partial charge in [-0.1, -0.05) is 41.5 Å². The summed E-state index contributed by atoms with van der Waals surface area (Å²) in [6.45, 7) is 5.67. The van der Waals surface area contributed by atoms with Crippen molar-refractivity contribution in [3.63, 3.8) is 0 Å². The molecule has 3 aromatic carbocycles. The van der Waals surface area contributed by atoms with Crippen molar-refractivity contribution >= 4 is 41.7 Å². The number of nitrogens with zero attached hydrogens (tertiary/aromatic N) is 4. The van der Waals surface area contributed by atoms with Gasteiger partial charge in [-0.3, -0.25) is 19.6 Å². The van der Waals surface area contributed by atoms with Gasteiger partial charge in [0.1, 0.15) is 6.61 Å². The summed E-state index contributed by atoms with van der Waals surface area (Å²) in [7, 11) is 1.56. The second-order valence-electron chi connectivity index (χ2n) is 14.3. The van der Waals surface area contributed by atoms with E-state index in [1.54, 1.807) is 41.2 Å². The van der Waals surface area contributed by atoms with Crippen LogP contribution in [0.15, 0.2) is 88.1 Å². The van der Waals surface area contributed by atoms with E-state index in [2.05, 4.69) is 15.3 Å². The maximum atomic E-state index is 13.6. The number of methoxy groups -OCH3 is 1. The molecule has 4 heterocycles. The third-order valence-corrected chi connectivity index (χ3v) is 9.91. The minimum Gasteiger partial charge on any atom is -0.493 e. The SMILES string of the molecule is COc1cc2c(cc1OCCCCCOc1cc3c(cc1OCCCNC(=O)OCc1ccccc1)C(=O)N1C=C(C)C[C@H]1C=N3)N=C[C@@H]1CC(C)=CN1C2=O. The molecule has 2 atom stereocenters. The predicted molar refractivity (Wildman–Crippen MR) is 212 cm³/mol. The number of carbonyl (C=O) groups is 3. The molecule has 1 N–H and O–H groups in total. The Morgan fingerprint density at radius 1 is 0.714 bits per heavy atom. The summed E-state index contributed by atoms with van der Waals surface area (Å²) in [5.41, 5.74) is 5.18. The van der Waals surface area contributed by atoms with E-state index < -0.39 is 6.09 Å². The fraction of sp³-hybridized carbons (Fsp3) is 0.372. The molecule has 0 aliphatic carbocycles. The number of fused-ring (bicyclic) bond motifs is 4. The Labute approximate surface area is 326 Å². The molecule has 0 aromatic heterocycles. The highest BCUT2D eigenvalue weighted by atomic mass is 16.5. The van der Waals surface area contributed by atoms with Gasteiger partial charge in [-0.15, -0.1) is 0 Å². The minimum atomic E-state index is -0.503. The Balaban J connectivity index is 0.920. The summed E-state index contributed by atoms with van der Waals surface area (Å²) < 4.78 is 29.4. The molecule has 3 amide bonds. The minimum absolute atomic E-state index is 0.0825. The van der Waals surface area contributed by atoms with Crippen LogP contribution in [0.2, 0.25) is 0 Å². The lowest BCUT2D eigenvalue weighted by molar-refractivity contribution is 0.0809. The van der Waals surface area contributed by atoms with Gasteiger partial charge in [-0.2, -0.15) is 0 Å². The largest absolute Gasteiger partial charge is 0.493 e. The van der Waals surface area contributed by atoms with Gasteiger partial charge in [0.15, 0.2) is 23.0 Å². The number of ether oxygens (including phenoxy) is 5. The van der Waals surface area contributed by atoms with Gasteiger partial charge in [0.05, 0.1) is 61.5 Å². The number of unbranched alkanes of at least 4 members (excludes halogenated alkanes) is 2. The van der Waals surface area contributed by atoms with Crippen LogP contribution in [0.5, 0.6) is 23.0 Å². The number of amides is 3. The number of nitrogens with one attached hydrogen (secondary N) is 1. The maximum absolute atomic E-state index is 13.6. The zero-order valence-corrected chi connectivity index (χ0v) is 32.0. The average Bonchev–Trinajstić information content (AvgIpc) is 3.72. The molecule has 0 bridgehead atoms. The molecule has 0 saturated carbocycles. The smallest absolute Gasteiger partial charge is 0.407 e. The van der Waals surface area contributed by atoms with Crippen LogP contribution in [0, 0.1) is 0 Å². The summed E-state index contributed by atoms with van der Waals surface area (Å²) in [5, 5.41) is 2.75. The number of alkyl carbamates (subject to hydrolysis) is 1. The Morgan fingerprint density at radius 3 is 1.80 bits per heavy atom. The van der Waals surface area contributed by atoms with Crippen molar-refractivity contribution in [2.24, 2.45) is 9.98 Å². The van der Waals surface area contributed by atoms with E-state index in [1.807, 2.05) is 69.0 Å². The normalized spacial score (nSPS) is 17.8. The van der Waals surface area contributed by atoms with Crippen molar-refractivity contribution in [2.45, 2.75) is 71.1 Å². The monoisotopic (exact) mass is 761 g/mol. The van der Waals surface area contributed by atoms with Crippen molar-refractivity contribution in [3.8, 4) is 23.0 Å². The lowest BCUT2D eigenvalue weighted by Gasteiger charge is -2.19. The third-order valence-electron chi connectivity index (χ3n) is 9.91. The van der Waals surface area contributed by atoms with Gasteiger partial charge in [-0.25, -0.2) is 4.79 Å². The molecule has 4 aliphatic rings. The van der Waals surface area contributed by atoms with Gasteiger partial charge in [0, 0.05) is 43.5 Å². The number of benzene rings is 3. The Hall–Kier alpha value is -6.11. The zero-order valence-electron chi connectivity index (χ0n) is 32.0. The Bertz CT molecular complexity index is 2080. The maximum Gasteiger partial charge on any atom is 0.407 e. The number of carbonyl (C=O) groups excluding carboxylic acids is 3. The van der Waals surface area contributed by atoms with Crippen molar-refractivity contribution < 1.29 is 38.1 Å². The van der Waals surface area contributed by atoms with Crippen LogP contribution in [-0.2, 0) is 11.3 Å². The van der Waals surface area contributed by atoms with E-state index in [4.69, 9.17) is 23.7 Å². The van der Waals surface area contributed by atoms with Gasteiger partial charge >= 0.3 is 6.09 Å². The Kier molecular flexibility index (Phi) is 12.0. The van der Waals surface area contributed by atoms with Crippen molar-refractivity contribution in [2.75, 3.05) is 33.5 Å². The zero-order chi connectivity index (χ0) is 39.0. The van der Waals surface area contributed by atoms with Gasteiger partial charge in [0.25, 0.3) is 11.8 Å². The van der Waals surface area contributed by atoms with E-state index >= 15 is 0 Å². The molecule has 13 heteroatoms. The topological polar surface area (TPSA) is 141 Å². The molecule has 13 nitrogen and oxygen atoms in total. The summed E-state index contributed by atoms with van der Waals surface area (Å²) >= 11 is 0. The highest BCUT2D eigenvalue weighted by Gasteiger charge is 2.33. The molecule has 4 aliphatic heterocycles. The second kappa shape index (κ2) is 17.6. The van der Waals surface area contributed by atoms with E-state index in [-0.39, 0.29) is 37.1 Å². The first-order chi connectivity index (χ1) is 27.3. The fourth-order valence-corrected chi connectivity index (χ4v) is 7.02. The first-order valence-electron chi connectivity index (χ1n) is 19.1. The molecule has 3 aromatic rings. The second-order valence-corrected chi connectivity index (χ2v) is 14.3. The summed E-state index contributed by atoms with van der Waals surface area (Å²) in [6, 6.07) is 16.2. The molecule has 0 saturated heterocycles. The number of aliphatic imine (C=N–C) groups is 2. The first-order valence-corrected chi connectivity index (χ1v) is 19.1. The van der Waals surface area contributed by atoms with Crippen LogP contribution >= 0.6 is 0 Å². The summed E-state index contributed by atoms with van der Waals surface area (Å²) in [4.78, 5) is 51.8. The summed E-state index contributed by atoms with van der Waals surface area (Å²) in [6.07, 6.45) is 11.2. The van der Waals surface area contributed by atoms with Gasteiger partial charge in [0.2, 0.25) is 0 Å². The fourth-order valence-electron chi connectivity index (χ4n) is 7.02. The number of rotatable bonds is 16. The molecule has 0 radical (unpaired) electrons. The molecular weight excluding hydrogens is 714 g/mol. The highest BCUT2D eigenvalue weighted by molar-refractivity contribution is 6.05. The molecule has 56 heavy (non-hydrogen) atoms. The van der Waals surface area contributed by atoms with Crippen molar-refractivity contribution in [1.29, 1.82) is 0 Å². The lowest BCUT2D eigenvalue weighted by atomic mass is 10.1. The quantitative estimate of drug-likeness (QED) is 0.147. The Morgan fingerprint density at radius 2 is 1.23 bits per heavy atom. The van der Waals surface area contributed by atoms with Crippen LogP contribution in [0.4, 0.5) is 16.2 Å². The van der Waals surface area contributed by atoms with Crippen LogP contribution in [-0.4, -0.2) is 85.7 Å². The van der Waals surface area contributed by atoms with Crippen molar-refractivity contribution in [3.05, 3.63) is 94.8 Å². The lowest BCUT2D eigenvalue weighted by Crippen LogP contribution is -2.32. The van der Waals surface area contributed by atoms with Crippen molar-refractivity contribution in [1.82, 2.24) is 15.1 Å². The van der Waals surface area contributed by atoms with E-state index in [9.17, 15) is 14.4 Å². The van der Waals surface area contributed by atoms with E-state index in [0.717, 1.165) is 48.8 Å². The van der Waals surface area contributed by atoms with Crippen LogP contribution in [0.25, 0.3) is 0 Å². The predicted octanol–water partition coefficient (Wildman–Crippen LogP) is 7.69.